The fourth-order valence-electron chi connectivity index (χ4n) is 3.04. The summed E-state index contributed by atoms with van der Waals surface area (Å²) in [5.41, 5.74) is 0.656. The number of hydrogen-bond acceptors (Lipinski definition) is 5. The zero-order valence-corrected chi connectivity index (χ0v) is 17.0. The molecule has 1 saturated heterocycles. The average Bonchev–Trinajstić information content (AvgIpc) is 2.67. The van der Waals surface area contributed by atoms with E-state index in [1.165, 1.54) is 0 Å². The van der Waals surface area contributed by atoms with Crippen LogP contribution < -0.4 is 20.7 Å². The van der Waals surface area contributed by atoms with Gasteiger partial charge in [0.1, 0.15) is 5.75 Å². The van der Waals surface area contributed by atoms with Gasteiger partial charge in [0.25, 0.3) is 0 Å². The van der Waals surface area contributed by atoms with Gasteiger partial charge in [0.05, 0.1) is 19.8 Å². The third-order valence-electron chi connectivity index (χ3n) is 4.36. The first-order valence-corrected chi connectivity index (χ1v) is 9.76. The zero-order valence-electron chi connectivity index (χ0n) is 17.0. The van der Waals surface area contributed by atoms with Gasteiger partial charge in [-0.2, -0.15) is 0 Å². The summed E-state index contributed by atoms with van der Waals surface area (Å²) in [6.45, 7) is 8.66. The van der Waals surface area contributed by atoms with Crippen LogP contribution in [0.1, 0.15) is 20.3 Å². The van der Waals surface area contributed by atoms with Crippen LogP contribution in [0.4, 0.5) is 10.5 Å². The number of hydrogen-bond donors (Lipinski definition) is 3. The summed E-state index contributed by atoms with van der Waals surface area (Å²) in [4.78, 5) is 26.2. The standard InChI is InChI=1S/C20H32N4O4/c1-15(2)13-24-10-11-28-18(14-24)12-22-19(25)8-9-21-20(26)23-16-4-6-17(27-3)7-5-16/h4-7,15,18H,8-14H2,1-3H3,(H,22,25)(H2,21,23,26). The first-order chi connectivity index (χ1) is 13.5. The molecular weight excluding hydrogens is 360 g/mol. The van der Waals surface area contributed by atoms with Crippen LogP contribution in [0.5, 0.6) is 5.75 Å². The molecule has 3 amide bonds. The van der Waals surface area contributed by atoms with E-state index in [4.69, 9.17) is 9.47 Å². The molecule has 0 spiro atoms. The minimum absolute atomic E-state index is 0.0165. The molecule has 28 heavy (non-hydrogen) atoms. The Balaban J connectivity index is 1.59. The molecule has 3 N–H and O–H groups in total. The van der Waals surface area contributed by atoms with E-state index in [2.05, 4.69) is 34.7 Å². The van der Waals surface area contributed by atoms with Crippen LogP contribution in [-0.2, 0) is 9.53 Å². The second kappa shape index (κ2) is 11.5. The van der Waals surface area contributed by atoms with Crippen LogP contribution in [0.15, 0.2) is 24.3 Å². The third kappa shape index (κ3) is 8.14. The molecule has 0 aromatic heterocycles. The van der Waals surface area contributed by atoms with Crippen molar-refractivity contribution in [1.29, 1.82) is 0 Å². The van der Waals surface area contributed by atoms with Crippen LogP contribution in [0.2, 0.25) is 0 Å². The van der Waals surface area contributed by atoms with Crippen LogP contribution >= 0.6 is 0 Å². The second-order valence-corrected chi connectivity index (χ2v) is 7.31. The van der Waals surface area contributed by atoms with E-state index in [0.717, 1.165) is 25.4 Å². The number of amides is 3. The largest absolute Gasteiger partial charge is 0.497 e. The SMILES string of the molecule is COc1ccc(NC(=O)NCCC(=O)NCC2CN(CC(C)C)CCO2)cc1. The average molecular weight is 393 g/mol. The van der Waals surface area contributed by atoms with Gasteiger partial charge in [-0.1, -0.05) is 13.8 Å². The number of nitrogens with zero attached hydrogens (tertiary/aromatic N) is 1. The lowest BCUT2D eigenvalue weighted by Crippen LogP contribution is -2.48. The Labute approximate surface area is 166 Å². The van der Waals surface area contributed by atoms with E-state index in [1.807, 2.05) is 0 Å². The van der Waals surface area contributed by atoms with E-state index >= 15 is 0 Å². The molecule has 156 valence electrons. The van der Waals surface area contributed by atoms with Crippen molar-refractivity contribution >= 4 is 17.6 Å². The van der Waals surface area contributed by atoms with Crippen molar-refractivity contribution < 1.29 is 19.1 Å². The van der Waals surface area contributed by atoms with Crippen molar-refractivity contribution in [3.05, 3.63) is 24.3 Å². The second-order valence-electron chi connectivity index (χ2n) is 7.31. The highest BCUT2D eigenvalue weighted by Crippen LogP contribution is 2.14. The Kier molecular flexibility index (Phi) is 9.03. The Morgan fingerprint density at radius 2 is 2.00 bits per heavy atom. The Hall–Kier alpha value is -2.32. The molecule has 0 radical (unpaired) electrons. The highest BCUT2D eigenvalue weighted by molar-refractivity contribution is 5.89. The zero-order chi connectivity index (χ0) is 20.4. The number of carbonyl (C=O) groups excluding carboxylic acids is 2. The van der Waals surface area contributed by atoms with Gasteiger partial charge in [0.15, 0.2) is 0 Å². The third-order valence-corrected chi connectivity index (χ3v) is 4.36. The van der Waals surface area contributed by atoms with E-state index < -0.39 is 0 Å². The number of anilines is 1. The van der Waals surface area contributed by atoms with Crippen molar-refractivity contribution in [3.8, 4) is 5.75 Å². The summed E-state index contributed by atoms with van der Waals surface area (Å²) >= 11 is 0. The summed E-state index contributed by atoms with van der Waals surface area (Å²) in [6, 6.07) is 6.67. The molecule has 1 unspecified atom stereocenters. The fourth-order valence-corrected chi connectivity index (χ4v) is 3.04. The molecule has 8 nitrogen and oxygen atoms in total. The predicted octanol–water partition coefficient (Wildman–Crippen LogP) is 1.68. The summed E-state index contributed by atoms with van der Waals surface area (Å²) in [6.07, 6.45) is 0.237. The maximum Gasteiger partial charge on any atom is 0.319 e. The van der Waals surface area contributed by atoms with Gasteiger partial charge in [-0.3, -0.25) is 9.69 Å². The van der Waals surface area contributed by atoms with E-state index in [-0.39, 0.29) is 31.0 Å². The number of methoxy groups -OCH3 is 1. The minimum Gasteiger partial charge on any atom is -0.497 e. The van der Waals surface area contributed by atoms with Crippen molar-refractivity contribution in [2.45, 2.75) is 26.4 Å². The number of carbonyl (C=O) groups is 2. The van der Waals surface area contributed by atoms with Gasteiger partial charge in [-0.15, -0.1) is 0 Å². The Bertz CT molecular complexity index is 621. The van der Waals surface area contributed by atoms with Gasteiger partial charge < -0.3 is 25.4 Å². The number of nitrogens with one attached hydrogen (secondary N) is 3. The topological polar surface area (TPSA) is 91.9 Å². The number of rotatable bonds is 9. The fraction of sp³-hybridized carbons (Fsp3) is 0.600. The first-order valence-electron chi connectivity index (χ1n) is 9.76. The lowest BCUT2D eigenvalue weighted by molar-refractivity contribution is -0.122. The van der Waals surface area contributed by atoms with Crippen molar-refractivity contribution in [2.75, 3.05) is 51.8 Å². The van der Waals surface area contributed by atoms with Gasteiger partial charge >= 0.3 is 6.03 Å². The smallest absolute Gasteiger partial charge is 0.319 e. The Morgan fingerprint density at radius 3 is 2.68 bits per heavy atom. The molecule has 0 aliphatic carbocycles. The van der Waals surface area contributed by atoms with Crippen LogP contribution in [0.25, 0.3) is 0 Å². The van der Waals surface area contributed by atoms with Gasteiger partial charge in [-0.25, -0.2) is 4.79 Å². The van der Waals surface area contributed by atoms with Gasteiger partial charge in [0, 0.05) is 44.8 Å². The van der Waals surface area contributed by atoms with E-state index in [9.17, 15) is 9.59 Å². The summed E-state index contributed by atoms with van der Waals surface area (Å²) < 4.78 is 10.8. The van der Waals surface area contributed by atoms with Gasteiger partial charge in [0.2, 0.25) is 5.91 Å². The van der Waals surface area contributed by atoms with Crippen molar-refractivity contribution in [3.63, 3.8) is 0 Å². The van der Waals surface area contributed by atoms with Crippen LogP contribution in [0, 0.1) is 5.92 Å². The lowest BCUT2D eigenvalue weighted by atomic mass is 10.2. The summed E-state index contributed by atoms with van der Waals surface area (Å²) in [7, 11) is 1.59. The number of urea groups is 1. The number of ether oxygens (including phenoxy) is 2. The molecule has 1 fully saturated rings. The molecule has 1 aromatic rings. The highest BCUT2D eigenvalue weighted by atomic mass is 16.5. The molecule has 0 bridgehead atoms. The normalized spacial score (nSPS) is 17.2. The maximum absolute atomic E-state index is 12.0. The molecule has 0 saturated carbocycles. The van der Waals surface area contributed by atoms with Crippen LogP contribution in [-0.4, -0.2) is 69.4 Å². The first kappa shape index (κ1) is 22.0. The lowest BCUT2D eigenvalue weighted by Gasteiger charge is -2.33. The molecule has 1 aromatic carbocycles. The van der Waals surface area contributed by atoms with E-state index in [1.54, 1.807) is 31.4 Å². The molecule has 1 atom stereocenters. The minimum atomic E-state index is -0.349. The van der Waals surface area contributed by atoms with E-state index in [0.29, 0.717) is 24.8 Å². The Morgan fingerprint density at radius 1 is 1.25 bits per heavy atom. The van der Waals surface area contributed by atoms with Gasteiger partial charge in [-0.05, 0) is 30.2 Å². The molecular formula is C20H32N4O4. The molecule has 2 rings (SSSR count). The predicted molar refractivity (Wildman–Crippen MR) is 109 cm³/mol. The molecule has 1 aliphatic heterocycles. The molecule has 1 heterocycles. The number of benzene rings is 1. The van der Waals surface area contributed by atoms with Crippen molar-refractivity contribution in [2.24, 2.45) is 5.92 Å². The maximum atomic E-state index is 12.0. The summed E-state index contributed by atoms with van der Waals surface area (Å²) in [5.74, 6) is 1.23. The monoisotopic (exact) mass is 392 g/mol. The summed E-state index contributed by atoms with van der Waals surface area (Å²) in [5, 5.41) is 8.27. The van der Waals surface area contributed by atoms with Crippen LogP contribution in [0.3, 0.4) is 0 Å². The molecule has 1 aliphatic rings. The quantitative estimate of drug-likeness (QED) is 0.595. The molecule has 8 heteroatoms. The number of morpholine rings is 1. The van der Waals surface area contributed by atoms with Crippen molar-refractivity contribution in [1.82, 2.24) is 15.5 Å². The highest BCUT2D eigenvalue weighted by Gasteiger charge is 2.21.